The van der Waals surface area contributed by atoms with Gasteiger partial charge in [0, 0.05) is 11.8 Å². The standard InChI is InChI=1S/C22H40N2O7Si2/c1-12(2)32(13(3)4)28-11-17-19(30-33(31-32,14(5)6)15(7)8)18(25)21(29-17)24-10-16(9)20(26)23-22(24)27/h10,12-15,17-19,21,25H,11H2,1-9H3,(H,23,26,27)/t17-,18-,19-,21+/m0/s1. The minimum Gasteiger partial charge on any atom is -0.414 e. The van der Waals surface area contributed by atoms with Gasteiger partial charge in [-0.15, -0.1) is 0 Å². The van der Waals surface area contributed by atoms with Crippen molar-refractivity contribution in [2.45, 2.75) is 109 Å². The normalized spacial score (nSPS) is 29.5. The summed E-state index contributed by atoms with van der Waals surface area (Å²) < 4.78 is 28.1. The molecule has 2 aliphatic heterocycles. The van der Waals surface area contributed by atoms with E-state index in [0.29, 0.717) is 5.56 Å². The molecule has 2 aliphatic rings. The van der Waals surface area contributed by atoms with Gasteiger partial charge in [0.05, 0.1) is 6.61 Å². The lowest BCUT2D eigenvalue weighted by molar-refractivity contribution is -0.0601. The van der Waals surface area contributed by atoms with Gasteiger partial charge in [-0.2, -0.15) is 0 Å². The monoisotopic (exact) mass is 500 g/mol. The molecule has 9 nitrogen and oxygen atoms in total. The highest BCUT2D eigenvalue weighted by Gasteiger charge is 2.61. The highest BCUT2D eigenvalue weighted by Crippen LogP contribution is 2.48. The SMILES string of the molecule is Cc1cn([C@@H]2O[C@H]3CO[Si](C(C)C)(C(C)C)O[Si](C(C)C)(C(C)C)O[C@@H]3[C@@H]2O)c(=O)[nH]c1=O. The Morgan fingerprint density at radius 2 is 1.55 bits per heavy atom. The van der Waals surface area contributed by atoms with Gasteiger partial charge in [-0.05, 0) is 29.1 Å². The van der Waals surface area contributed by atoms with E-state index in [2.05, 4.69) is 60.4 Å². The van der Waals surface area contributed by atoms with E-state index in [4.69, 9.17) is 17.7 Å². The van der Waals surface area contributed by atoms with Crippen LogP contribution in [0, 0.1) is 6.92 Å². The van der Waals surface area contributed by atoms with Crippen LogP contribution in [0.5, 0.6) is 0 Å². The van der Waals surface area contributed by atoms with Gasteiger partial charge in [0.1, 0.15) is 18.3 Å². The van der Waals surface area contributed by atoms with Gasteiger partial charge in [-0.25, -0.2) is 4.79 Å². The molecule has 0 radical (unpaired) electrons. The third-order valence-electron chi connectivity index (χ3n) is 7.06. The predicted octanol–water partition coefficient (Wildman–Crippen LogP) is 3.06. The molecular weight excluding hydrogens is 460 g/mol. The molecule has 3 heterocycles. The number of nitrogens with zero attached hydrogens (tertiary/aromatic N) is 1. The Balaban J connectivity index is 2.10. The Labute approximate surface area is 197 Å². The molecule has 4 atom stereocenters. The molecule has 0 amide bonds. The van der Waals surface area contributed by atoms with Crippen molar-refractivity contribution in [3.05, 3.63) is 32.6 Å². The Hall–Kier alpha value is -1.09. The third kappa shape index (κ3) is 4.48. The first-order valence-corrected chi connectivity index (χ1v) is 15.9. The Bertz CT molecular complexity index is 943. The van der Waals surface area contributed by atoms with E-state index < -0.39 is 52.9 Å². The molecule has 1 aromatic heterocycles. The molecule has 0 aliphatic carbocycles. The van der Waals surface area contributed by atoms with E-state index in [0.717, 1.165) is 0 Å². The predicted molar refractivity (Wildman–Crippen MR) is 130 cm³/mol. The largest absolute Gasteiger partial charge is 0.414 e. The molecular formula is C22H40N2O7Si2. The first-order valence-electron chi connectivity index (χ1n) is 11.9. The maximum Gasteiger partial charge on any atom is 0.335 e. The minimum absolute atomic E-state index is 0.105. The second-order valence-electron chi connectivity index (χ2n) is 10.6. The van der Waals surface area contributed by atoms with Crippen LogP contribution in [-0.4, -0.2) is 56.7 Å². The lowest BCUT2D eigenvalue weighted by atomic mass is 10.1. The average Bonchev–Trinajstić information content (AvgIpc) is 2.98. The molecule has 0 aromatic carbocycles. The number of nitrogens with one attached hydrogen (secondary N) is 1. The molecule has 0 unspecified atom stereocenters. The number of aliphatic hydroxyl groups is 1. The fourth-order valence-corrected chi connectivity index (χ4v) is 16.4. The molecule has 2 saturated heterocycles. The molecule has 3 rings (SSSR count). The van der Waals surface area contributed by atoms with Gasteiger partial charge in [-0.3, -0.25) is 14.3 Å². The van der Waals surface area contributed by atoms with Crippen molar-refractivity contribution in [2.75, 3.05) is 6.61 Å². The summed E-state index contributed by atoms with van der Waals surface area (Å²) in [5.41, 5.74) is -0.151. The number of aryl methyl sites for hydroxylation is 1. The number of ether oxygens (including phenoxy) is 1. The van der Waals surface area contributed by atoms with Crippen LogP contribution in [0.25, 0.3) is 0 Å². The summed E-state index contributed by atoms with van der Waals surface area (Å²) in [6, 6.07) is 0. The molecule has 188 valence electrons. The quantitative estimate of drug-likeness (QED) is 0.598. The van der Waals surface area contributed by atoms with Crippen molar-refractivity contribution >= 4 is 17.1 Å². The minimum atomic E-state index is -2.92. The van der Waals surface area contributed by atoms with Gasteiger partial charge >= 0.3 is 22.8 Å². The number of aliphatic hydroxyl groups excluding tert-OH is 1. The summed E-state index contributed by atoms with van der Waals surface area (Å²) in [5, 5.41) is 11.3. The Kier molecular flexibility index (Phi) is 7.65. The lowest BCUT2D eigenvalue weighted by Crippen LogP contribution is -2.65. The Morgan fingerprint density at radius 3 is 2.06 bits per heavy atom. The lowest BCUT2D eigenvalue weighted by Gasteiger charge is -2.51. The summed E-state index contributed by atoms with van der Waals surface area (Å²) in [4.78, 5) is 26.7. The number of hydrogen-bond donors (Lipinski definition) is 2. The number of aromatic amines is 1. The molecule has 0 spiro atoms. The Morgan fingerprint density at radius 1 is 1.00 bits per heavy atom. The second kappa shape index (κ2) is 9.52. The summed E-state index contributed by atoms with van der Waals surface area (Å²) in [6.45, 7) is 18.8. The zero-order valence-electron chi connectivity index (χ0n) is 21.2. The smallest absolute Gasteiger partial charge is 0.335 e. The van der Waals surface area contributed by atoms with Crippen molar-refractivity contribution < 1.29 is 22.8 Å². The van der Waals surface area contributed by atoms with Crippen LogP contribution in [0.2, 0.25) is 22.2 Å². The van der Waals surface area contributed by atoms with Gasteiger partial charge < -0.3 is 22.8 Å². The zero-order chi connectivity index (χ0) is 24.9. The summed E-state index contributed by atoms with van der Waals surface area (Å²) in [5.74, 6) is 0. The summed E-state index contributed by atoms with van der Waals surface area (Å²) in [6.07, 6.45) is -1.98. The van der Waals surface area contributed by atoms with Gasteiger partial charge in [0.25, 0.3) is 5.56 Å². The van der Waals surface area contributed by atoms with Crippen LogP contribution in [0.4, 0.5) is 0 Å². The first kappa shape index (κ1) is 26.5. The first-order chi connectivity index (χ1) is 15.3. The maximum atomic E-state index is 12.5. The average molecular weight is 501 g/mol. The van der Waals surface area contributed by atoms with Crippen molar-refractivity contribution in [2.24, 2.45) is 0 Å². The highest BCUT2D eigenvalue weighted by atomic mass is 28.5. The molecule has 1 aromatic rings. The summed E-state index contributed by atoms with van der Waals surface area (Å²) >= 11 is 0. The number of aromatic nitrogens is 2. The molecule has 11 heteroatoms. The number of rotatable bonds is 5. The van der Waals surface area contributed by atoms with Crippen molar-refractivity contribution in [3.8, 4) is 0 Å². The summed E-state index contributed by atoms with van der Waals surface area (Å²) in [7, 11) is -5.65. The maximum absolute atomic E-state index is 12.5. The molecule has 0 saturated carbocycles. The molecule has 2 fully saturated rings. The van der Waals surface area contributed by atoms with Crippen LogP contribution < -0.4 is 11.2 Å². The van der Waals surface area contributed by atoms with Crippen LogP contribution in [0.15, 0.2) is 15.8 Å². The van der Waals surface area contributed by atoms with E-state index >= 15 is 0 Å². The van der Waals surface area contributed by atoms with Crippen molar-refractivity contribution in [1.29, 1.82) is 0 Å². The van der Waals surface area contributed by atoms with E-state index in [1.54, 1.807) is 6.92 Å². The fraction of sp³-hybridized carbons (Fsp3) is 0.818. The van der Waals surface area contributed by atoms with E-state index in [1.807, 2.05) is 0 Å². The molecule has 2 N–H and O–H groups in total. The second-order valence-corrected chi connectivity index (χ2v) is 19.4. The highest BCUT2D eigenvalue weighted by molar-refractivity contribution is 6.83. The number of H-pyrrole nitrogens is 1. The third-order valence-corrected chi connectivity index (χ3v) is 17.3. The van der Waals surface area contributed by atoms with Gasteiger partial charge in [0.15, 0.2) is 6.23 Å². The number of fused-ring (bicyclic) bond motifs is 1. The van der Waals surface area contributed by atoms with E-state index in [-0.39, 0.29) is 28.8 Å². The zero-order valence-corrected chi connectivity index (χ0v) is 23.2. The van der Waals surface area contributed by atoms with Gasteiger partial charge in [0.2, 0.25) is 0 Å². The molecule has 0 bridgehead atoms. The topological polar surface area (TPSA) is 112 Å². The number of hydrogen-bond acceptors (Lipinski definition) is 7. The van der Waals surface area contributed by atoms with Gasteiger partial charge in [-0.1, -0.05) is 55.4 Å². The fourth-order valence-electron chi connectivity index (χ4n) is 5.14. The van der Waals surface area contributed by atoms with Crippen LogP contribution in [0.3, 0.4) is 0 Å². The van der Waals surface area contributed by atoms with Crippen LogP contribution in [-0.2, 0) is 17.7 Å². The van der Waals surface area contributed by atoms with Crippen molar-refractivity contribution in [1.82, 2.24) is 9.55 Å². The van der Waals surface area contributed by atoms with E-state index in [9.17, 15) is 14.7 Å². The van der Waals surface area contributed by atoms with Crippen LogP contribution >= 0.6 is 0 Å². The molecule has 33 heavy (non-hydrogen) atoms. The van der Waals surface area contributed by atoms with Crippen molar-refractivity contribution in [3.63, 3.8) is 0 Å². The van der Waals surface area contributed by atoms with E-state index in [1.165, 1.54) is 10.8 Å². The van der Waals surface area contributed by atoms with Crippen LogP contribution in [0.1, 0.15) is 67.2 Å².